The van der Waals surface area contributed by atoms with Gasteiger partial charge in [0, 0.05) is 45.4 Å². The smallest absolute Gasteiger partial charge is 0.166 e. The highest BCUT2D eigenvalue weighted by molar-refractivity contribution is 6.12. The molecule has 270 valence electrons. The normalized spacial score (nSPS) is 11.3. The van der Waals surface area contributed by atoms with Crippen LogP contribution in [-0.2, 0) is 0 Å². The molecule has 0 unspecified atom stereocenters. The van der Waals surface area contributed by atoms with E-state index in [2.05, 4.69) is 133 Å². The van der Waals surface area contributed by atoms with Gasteiger partial charge in [0.15, 0.2) is 17.5 Å². The summed E-state index contributed by atoms with van der Waals surface area (Å²) in [7, 11) is 0. The number of pyridine rings is 1. The molecule has 0 spiro atoms. The van der Waals surface area contributed by atoms with Crippen LogP contribution in [0.15, 0.2) is 188 Å². The average molecular weight is 732 g/mol. The summed E-state index contributed by atoms with van der Waals surface area (Å²) >= 11 is 0. The summed E-state index contributed by atoms with van der Waals surface area (Å²) in [6, 6.07) is 62.0. The molecule has 0 saturated heterocycles. The standard InChI is InChI=1S/C52H37N5/c1-34-12-9-18-38(28-34)40-21-24-47-44(30-40)45-31-41(39-19-10-13-35(2)29-39)22-25-48(45)57(47)49-26-23-42(43-20-11-27-53-33-43)32-46(49)52-55-50(36-14-5-3-6-15-36)54-51(56-52)37-16-7-4-8-17-37/h3-33H,1-2H3. The van der Waals surface area contributed by atoms with Gasteiger partial charge < -0.3 is 4.57 Å². The molecule has 0 aliphatic heterocycles. The molecule has 5 heteroatoms. The summed E-state index contributed by atoms with van der Waals surface area (Å²) < 4.78 is 2.38. The van der Waals surface area contributed by atoms with E-state index in [1.54, 1.807) is 6.20 Å². The van der Waals surface area contributed by atoms with Crippen LogP contribution < -0.4 is 0 Å². The van der Waals surface area contributed by atoms with Crippen molar-refractivity contribution in [3.63, 3.8) is 0 Å². The third kappa shape index (κ3) is 6.45. The van der Waals surface area contributed by atoms with Crippen molar-refractivity contribution >= 4 is 21.8 Å². The average Bonchev–Trinajstić information content (AvgIpc) is 3.60. The van der Waals surface area contributed by atoms with Gasteiger partial charge in [0.2, 0.25) is 0 Å². The number of hydrogen-bond acceptors (Lipinski definition) is 4. The SMILES string of the molecule is Cc1cccc(-c2ccc3c(c2)c2cc(-c4cccc(C)c4)ccc2n3-c2ccc(-c3cccnc3)cc2-c2nc(-c3ccccc3)nc(-c3ccccc3)n2)c1. The number of aryl methyl sites for hydroxylation is 2. The van der Waals surface area contributed by atoms with Crippen molar-refractivity contribution in [2.45, 2.75) is 13.8 Å². The second-order valence-corrected chi connectivity index (χ2v) is 14.6. The zero-order chi connectivity index (χ0) is 38.3. The first-order valence-electron chi connectivity index (χ1n) is 19.2. The Hall–Kier alpha value is -7.50. The fraction of sp³-hybridized carbons (Fsp3) is 0.0385. The lowest BCUT2D eigenvalue weighted by atomic mass is 9.99. The molecule has 0 amide bonds. The fourth-order valence-electron chi connectivity index (χ4n) is 7.84. The fourth-order valence-corrected chi connectivity index (χ4v) is 7.84. The molecule has 3 heterocycles. The van der Waals surface area contributed by atoms with Crippen LogP contribution in [0.5, 0.6) is 0 Å². The minimum atomic E-state index is 0.589. The van der Waals surface area contributed by atoms with Crippen LogP contribution >= 0.6 is 0 Å². The van der Waals surface area contributed by atoms with Crippen LogP contribution in [-0.4, -0.2) is 24.5 Å². The molecule has 10 rings (SSSR count). The molecule has 0 aliphatic rings. The third-order valence-corrected chi connectivity index (χ3v) is 10.6. The molecule has 0 aliphatic carbocycles. The Balaban J connectivity index is 1.27. The lowest BCUT2D eigenvalue weighted by Gasteiger charge is -2.16. The van der Waals surface area contributed by atoms with Crippen molar-refractivity contribution < 1.29 is 0 Å². The van der Waals surface area contributed by atoms with Crippen molar-refractivity contribution in [2.24, 2.45) is 0 Å². The molecule has 7 aromatic carbocycles. The molecule has 0 fully saturated rings. The van der Waals surface area contributed by atoms with Crippen LogP contribution in [0.4, 0.5) is 0 Å². The second kappa shape index (κ2) is 14.3. The minimum absolute atomic E-state index is 0.589. The maximum atomic E-state index is 5.24. The van der Waals surface area contributed by atoms with Gasteiger partial charge >= 0.3 is 0 Å². The molecule has 10 aromatic rings. The molecular weight excluding hydrogens is 695 g/mol. The zero-order valence-electron chi connectivity index (χ0n) is 31.6. The second-order valence-electron chi connectivity index (χ2n) is 14.6. The Kier molecular flexibility index (Phi) is 8.53. The van der Waals surface area contributed by atoms with Crippen LogP contribution in [0.3, 0.4) is 0 Å². The molecule has 3 aromatic heterocycles. The van der Waals surface area contributed by atoms with Crippen molar-refractivity contribution in [2.75, 3.05) is 0 Å². The van der Waals surface area contributed by atoms with Gasteiger partial charge in [-0.25, -0.2) is 15.0 Å². The predicted octanol–water partition coefficient (Wildman–Crippen LogP) is 13.0. The minimum Gasteiger partial charge on any atom is -0.308 e. The summed E-state index contributed by atoms with van der Waals surface area (Å²) in [5.41, 5.74) is 15.1. The van der Waals surface area contributed by atoms with Crippen LogP contribution in [0.25, 0.3) is 95.0 Å². The van der Waals surface area contributed by atoms with E-state index in [0.29, 0.717) is 17.5 Å². The van der Waals surface area contributed by atoms with Crippen LogP contribution in [0.2, 0.25) is 0 Å². The summed E-state index contributed by atoms with van der Waals surface area (Å²) in [6.45, 7) is 4.29. The van der Waals surface area contributed by atoms with E-state index in [0.717, 1.165) is 44.5 Å². The molecule has 0 atom stereocenters. The molecule has 0 N–H and O–H groups in total. The molecule has 5 nitrogen and oxygen atoms in total. The number of nitrogens with zero attached hydrogens (tertiary/aromatic N) is 5. The van der Waals surface area contributed by atoms with Gasteiger partial charge in [-0.15, -0.1) is 0 Å². The van der Waals surface area contributed by atoms with E-state index >= 15 is 0 Å². The van der Waals surface area contributed by atoms with Gasteiger partial charge in [0.1, 0.15) is 0 Å². The van der Waals surface area contributed by atoms with Crippen LogP contribution in [0.1, 0.15) is 11.1 Å². The van der Waals surface area contributed by atoms with Gasteiger partial charge in [0.25, 0.3) is 0 Å². The number of fused-ring (bicyclic) bond motifs is 3. The third-order valence-electron chi connectivity index (χ3n) is 10.6. The van der Waals surface area contributed by atoms with Gasteiger partial charge in [-0.3, -0.25) is 4.98 Å². The highest BCUT2D eigenvalue weighted by atomic mass is 15.1. The van der Waals surface area contributed by atoms with Gasteiger partial charge in [-0.05, 0) is 84.1 Å². The Morgan fingerprint density at radius 1 is 0.368 bits per heavy atom. The molecular formula is C52H37N5. The van der Waals surface area contributed by atoms with Crippen molar-refractivity contribution in [1.29, 1.82) is 0 Å². The quantitative estimate of drug-likeness (QED) is 0.164. The number of aromatic nitrogens is 5. The van der Waals surface area contributed by atoms with E-state index in [1.165, 1.54) is 44.2 Å². The Bertz CT molecular complexity index is 2920. The number of benzene rings is 7. The topological polar surface area (TPSA) is 56.5 Å². The molecule has 0 saturated carbocycles. The molecule has 0 bridgehead atoms. The molecule has 57 heavy (non-hydrogen) atoms. The first-order chi connectivity index (χ1) is 28.1. The lowest BCUT2D eigenvalue weighted by Crippen LogP contribution is -2.04. The summed E-state index contributed by atoms with van der Waals surface area (Å²) in [6.07, 6.45) is 3.70. The Morgan fingerprint density at radius 3 is 1.37 bits per heavy atom. The lowest BCUT2D eigenvalue weighted by molar-refractivity contribution is 1.06. The van der Waals surface area contributed by atoms with Gasteiger partial charge in [-0.1, -0.05) is 145 Å². The Labute approximate surface area is 331 Å². The van der Waals surface area contributed by atoms with Crippen molar-refractivity contribution in [3.05, 3.63) is 199 Å². The zero-order valence-corrected chi connectivity index (χ0v) is 31.6. The maximum Gasteiger partial charge on any atom is 0.166 e. The summed E-state index contributed by atoms with van der Waals surface area (Å²) in [5.74, 6) is 1.82. The molecule has 0 radical (unpaired) electrons. The predicted molar refractivity (Wildman–Crippen MR) is 234 cm³/mol. The maximum absolute atomic E-state index is 5.24. The van der Waals surface area contributed by atoms with E-state index in [9.17, 15) is 0 Å². The van der Waals surface area contributed by atoms with Gasteiger partial charge in [-0.2, -0.15) is 0 Å². The van der Waals surface area contributed by atoms with Gasteiger partial charge in [0.05, 0.1) is 16.7 Å². The van der Waals surface area contributed by atoms with E-state index in [-0.39, 0.29) is 0 Å². The highest BCUT2D eigenvalue weighted by Crippen LogP contribution is 2.41. The van der Waals surface area contributed by atoms with E-state index in [4.69, 9.17) is 15.0 Å². The first-order valence-corrected chi connectivity index (χ1v) is 19.2. The van der Waals surface area contributed by atoms with E-state index in [1.807, 2.05) is 72.9 Å². The van der Waals surface area contributed by atoms with Crippen molar-refractivity contribution in [3.8, 4) is 73.2 Å². The Morgan fingerprint density at radius 2 is 0.842 bits per heavy atom. The van der Waals surface area contributed by atoms with Crippen molar-refractivity contribution in [1.82, 2.24) is 24.5 Å². The monoisotopic (exact) mass is 731 g/mol. The largest absolute Gasteiger partial charge is 0.308 e. The highest BCUT2D eigenvalue weighted by Gasteiger charge is 2.21. The summed E-state index contributed by atoms with van der Waals surface area (Å²) in [4.78, 5) is 20.0. The van der Waals surface area contributed by atoms with Crippen LogP contribution in [0, 0.1) is 13.8 Å². The number of hydrogen-bond donors (Lipinski definition) is 0. The summed E-state index contributed by atoms with van der Waals surface area (Å²) in [5, 5.41) is 2.35. The first kappa shape index (κ1) is 34.0. The van der Waals surface area contributed by atoms with E-state index < -0.39 is 0 Å². The number of rotatable bonds is 7.